The Kier molecular flexibility index (Phi) is 4.20. The van der Waals surface area contributed by atoms with Crippen molar-refractivity contribution >= 4 is 11.5 Å². The van der Waals surface area contributed by atoms with Crippen molar-refractivity contribution in [2.24, 2.45) is 17.8 Å². The number of pyridine rings is 1. The molecule has 3 aliphatic rings. The van der Waals surface area contributed by atoms with Crippen LogP contribution in [0.4, 0.5) is 11.5 Å². The zero-order chi connectivity index (χ0) is 18.4. The number of hydrogen-bond acceptors (Lipinski definition) is 4. The molecule has 2 saturated heterocycles. The summed E-state index contributed by atoms with van der Waals surface area (Å²) in [6, 6.07) is 15.1. The third-order valence-electron chi connectivity index (χ3n) is 6.68. The predicted molar refractivity (Wildman–Crippen MR) is 108 cm³/mol. The first-order valence-corrected chi connectivity index (χ1v) is 10.1. The second-order valence-electron chi connectivity index (χ2n) is 8.20. The average Bonchev–Trinajstić information content (AvgIpc) is 3.16. The standard InChI is InChI=1S/C22H27N3O2/c1-15-18-14-25(19(22(15)18)11-16-5-3-2-4-6-16)20-12-17(13-21(26)23-20)24-7-9-27-10-8-24/h2-6,12-13,15,18-19,22H,7-11,14H2,1H3,(H,23,26)/t15-,18?,19+,22?/m1/s1. The fourth-order valence-electron chi connectivity index (χ4n) is 5.13. The average molecular weight is 365 g/mol. The van der Waals surface area contributed by atoms with E-state index >= 15 is 0 Å². The summed E-state index contributed by atoms with van der Waals surface area (Å²) in [5.41, 5.74) is 2.38. The molecule has 0 amide bonds. The van der Waals surface area contributed by atoms with Gasteiger partial charge in [0.1, 0.15) is 5.82 Å². The van der Waals surface area contributed by atoms with E-state index < -0.39 is 0 Å². The van der Waals surface area contributed by atoms with Crippen molar-refractivity contribution in [1.82, 2.24) is 4.98 Å². The van der Waals surface area contributed by atoms with E-state index in [4.69, 9.17) is 4.74 Å². The summed E-state index contributed by atoms with van der Waals surface area (Å²) in [7, 11) is 0. The molecule has 1 aliphatic carbocycles. The van der Waals surface area contributed by atoms with Crippen LogP contribution in [0, 0.1) is 17.8 Å². The van der Waals surface area contributed by atoms with E-state index in [1.165, 1.54) is 5.56 Å². The molecule has 5 heteroatoms. The van der Waals surface area contributed by atoms with Crippen LogP contribution >= 0.6 is 0 Å². The Balaban J connectivity index is 1.44. The summed E-state index contributed by atoms with van der Waals surface area (Å²) < 4.78 is 5.46. The number of aromatic amines is 1. The van der Waals surface area contributed by atoms with Crippen LogP contribution in [0.5, 0.6) is 0 Å². The maximum absolute atomic E-state index is 12.4. The summed E-state index contributed by atoms with van der Waals surface area (Å²) in [5.74, 6) is 3.27. The van der Waals surface area contributed by atoms with Crippen molar-refractivity contribution < 1.29 is 4.74 Å². The summed E-state index contributed by atoms with van der Waals surface area (Å²) in [6.45, 7) is 6.56. The highest BCUT2D eigenvalue weighted by Crippen LogP contribution is 2.56. The molecule has 1 aromatic carbocycles. The first kappa shape index (κ1) is 16.9. The summed E-state index contributed by atoms with van der Waals surface area (Å²) in [6.07, 6.45) is 1.04. The molecule has 3 fully saturated rings. The molecule has 0 radical (unpaired) electrons. The second kappa shape index (κ2) is 6.71. The zero-order valence-electron chi connectivity index (χ0n) is 15.8. The number of benzene rings is 1. The van der Waals surface area contributed by atoms with Crippen LogP contribution in [0.2, 0.25) is 0 Å². The van der Waals surface area contributed by atoms with Crippen LogP contribution in [-0.4, -0.2) is 43.9 Å². The van der Waals surface area contributed by atoms with E-state index in [1.807, 2.05) is 0 Å². The van der Waals surface area contributed by atoms with Crippen LogP contribution < -0.4 is 15.4 Å². The maximum Gasteiger partial charge on any atom is 0.251 e. The number of fused-ring (bicyclic) bond motifs is 1. The lowest BCUT2D eigenvalue weighted by atomic mass is 10.0. The number of piperidine rings is 1. The second-order valence-corrected chi connectivity index (χ2v) is 8.20. The minimum absolute atomic E-state index is 0.0129. The molecule has 4 atom stereocenters. The van der Waals surface area contributed by atoms with Crippen LogP contribution in [0.15, 0.2) is 47.3 Å². The van der Waals surface area contributed by atoms with Gasteiger partial charge in [-0.05, 0) is 29.7 Å². The van der Waals surface area contributed by atoms with Gasteiger partial charge in [0.25, 0.3) is 5.56 Å². The van der Waals surface area contributed by atoms with E-state index in [9.17, 15) is 4.79 Å². The molecule has 27 heavy (non-hydrogen) atoms. The Morgan fingerprint density at radius 2 is 1.93 bits per heavy atom. The van der Waals surface area contributed by atoms with Crippen molar-refractivity contribution in [2.75, 3.05) is 42.6 Å². The first-order valence-electron chi connectivity index (χ1n) is 10.1. The van der Waals surface area contributed by atoms with E-state index in [2.05, 4.69) is 58.1 Å². The van der Waals surface area contributed by atoms with Crippen molar-refractivity contribution in [3.8, 4) is 0 Å². The number of H-pyrrole nitrogens is 1. The highest BCUT2D eigenvalue weighted by Gasteiger charge is 2.58. The van der Waals surface area contributed by atoms with Crippen LogP contribution in [0.1, 0.15) is 12.5 Å². The topological polar surface area (TPSA) is 48.6 Å². The van der Waals surface area contributed by atoms with Gasteiger partial charge in [-0.25, -0.2) is 0 Å². The lowest BCUT2D eigenvalue weighted by Crippen LogP contribution is -2.39. The van der Waals surface area contributed by atoms with Crippen LogP contribution in [-0.2, 0) is 11.2 Å². The van der Waals surface area contributed by atoms with Crippen molar-refractivity contribution in [2.45, 2.75) is 19.4 Å². The molecule has 0 spiro atoms. The molecule has 2 unspecified atom stereocenters. The largest absolute Gasteiger partial charge is 0.378 e. The summed E-state index contributed by atoms with van der Waals surface area (Å²) >= 11 is 0. The van der Waals surface area contributed by atoms with E-state index in [0.29, 0.717) is 6.04 Å². The van der Waals surface area contributed by atoms with Gasteiger partial charge in [-0.15, -0.1) is 0 Å². The summed E-state index contributed by atoms with van der Waals surface area (Å²) in [5, 5.41) is 0. The quantitative estimate of drug-likeness (QED) is 0.905. The number of morpholine rings is 1. The number of nitrogens with one attached hydrogen (secondary N) is 1. The molecule has 1 aromatic heterocycles. The van der Waals surface area contributed by atoms with Gasteiger partial charge in [-0.3, -0.25) is 4.79 Å². The van der Waals surface area contributed by atoms with Gasteiger partial charge in [0.15, 0.2) is 0 Å². The van der Waals surface area contributed by atoms with E-state index in [0.717, 1.165) is 68.5 Å². The van der Waals surface area contributed by atoms with Gasteiger partial charge in [0.2, 0.25) is 0 Å². The third-order valence-corrected chi connectivity index (χ3v) is 6.68. The molecule has 1 N–H and O–H groups in total. The Morgan fingerprint density at radius 1 is 1.15 bits per heavy atom. The number of aromatic nitrogens is 1. The molecular weight excluding hydrogens is 338 g/mol. The van der Waals surface area contributed by atoms with Crippen molar-refractivity contribution in [3.05, 3.63) is 58.4 Å². The number of hydrogen-bond donors (Lipinski definition) is 1. The monoisotopic (exact) mass is 365 g/mol. The molecule has 5 rings (SSSR count). The molecule has 2 aromatic rings. The number of nitrogens with zero attached hydrogens (tertiary/aromatic N) is 2. The predicted octanol–water partition coefficient (Wildman–Crippen LogP) is 2.52. The maximum atomic E-state index is 12.4. The Labute approximate surface area is 159 Å². The number of anilines is 2. The third kappa shape index (κ3) is 3.14. The lowest BCUT2D eigenvalue weighted by Gasteiger charge is -2.33. The zero-order valence-corrected chi connectivity index (χ0v) is 15.8. The minimum atomic E-state index is -0.0129. The highest BCUT2D eigenvalue weighted by molar-refractivity contribution is 5.57. The Hall–Kier alpha value is -2.27. The van der Waals surface area contributed by atoms with Crippen LogP contribution in [0.25, 0.3) is 0 Å². The molecule has 1 saturated carbocycles. The van der Waals surface area contributed by atoms with Gasteiger partial charge in [-0.1, -0.05) is 37.3 Å². The summed E-state index contributed by atoms with van der Waals surface area (Å²) in [4.78, 5) is 20.2. The Bertz CT molecular complexity index is 859. The lowest BCUT2D eigenvalue weighted by molar-refractivity contribution is 0.122. The van der Waals surface area contributed by atoms with Gasteiger partial charge in [-0.2, -0.15) is 0 Å². The molecule has 0 bridgehead atoms. The molecule has 3 heterocycles. The van der Waals surface area contributed by atoms with Gasteiger partial charge in [0, 0.05) is 43.5 Å². The Morgan fingerprint density at radius 3 is 2.70 bits per heavy atom. The van der Waals surface area contributed by atoms with Gasteiger partial charge >= 0.3 is 0 Å². The van der Waals surface area contributed by atoms with Gasteiger partial charge in [0.05, 0.1) is 13.2 Å². The molecular formula is C22H27N3O2. The van der Waals surface area contributed by atoms with Gasteiger partial charge < -0.3 is 19.5 Å². The molecule has 142 valence electrons. The van der Waals surface area contributed by atoms with Crippen molar-refractivity contribution in [1.29, 1.82) is 0 Å². The SMILES string of the molecule is C[C@@H]1C2CN(c3cc(N4CCOCC4)cc(=O)[nH]3)[C@@H](Cc3ccccc3)C21. The van der Waals surface area contributed by atoms with E-state index in [1.54, 1.807) is 6.07 Å². The van der Waals surface area contributed by atoms with E-state index in [-0.39, 0.29) is 5.56 Å². The smallest absolute Gasteiger partial charge is 0.251 e. The fraction of sp³-hybridized carbons (Fsp3) is 0.500. The molecule has 5 nitrogen and oxygen atoms in total. The minimum Gasteiger partial charge on any atom is -0.378 e. The normalized spacial score (nSPS) is 29.7. The fourth-order valence-corrected chi connectivity index (χ4v) is 5.13. The van der Waals surface area contributed by atoms with Crippen molar-refractivity contribution in [3.63, 3.8) is 0 Å². The number of ether oxygens (including phenoxy) is 1. The van der Waals surface area contributed by atoms with Crippen LogP contribution in [0.3, 0.4) is 0 Å². The first-order chi connectivity index (χ1) is 13.2. The number of rotatable bonds is 4. The highest BCUT2D eigenvalue weighted by atomic mass is 16.5. The molecule has 2 aliphatic heterocycles.